The second kappa shape index (κ2) is 13.0. The van der Waals surface area contributed by atoms with Crippen molar-refractivity contribution in [3.05, 3.63) is 47.8 Å². The molecule has 1 fully saturated rings. The van der Waals surface area contributed by atoms with Gasteiger partial charge >= 0.3 is 5.97 Å². The first-order chi connectivity index (χ1) is 18.1. The van der Waals surface area contributed by atoms with E-state index in [1.54, 1.807) is 4.52 Å². The zero-order valence-electron chi connectivity index (χ0n) is 20.9. The van der Waals surface area contributed by atoms with Crippen molar-refractivity contribution in [2.45, 2.75) is 26.3 Å². The number of alkyl halides is 2. The lowest BCUT2D eigenvalue weighted by molar-refractivity contribution is -0.149. The SMILES string of the molecule is CCOC(=O)C1CCN(Cc2cc(Nc3cccc(N(CCCl)CCCl)c3)n3ncc(C#N)c3n2)CC1. The van der Waals surface area contributed by atoms with Crippen LogP contribution in [-0.2, 0) is 16.1 Å². The van der Waals surface area contributed by atoms with E-state index in [1.165, 1.54) is 6.20 Å². The van der Waals surface area contributed by atoms with Crippen molar-refractivity contribution in [3.8, 4) is 6.07 Å². The monoisotopic (exact) mass is 543 g/mol. The van der Waals surface area contributed by atoms with Crippen LogP contribution in [0.5, 0.6) is 0 Å². The fourth-order valence-corrected chi connectivity index (χ4v) is 4.99. The summed E-state index contributed by atoms with van der Waals surface area (Å²) in [6.45, 7) is 5.79. The number of anilines is 3. The van der Waals surface area contributed by atoms with Gasteiger partial charge in [-0.3, -0.25) is 9.69 Å². The zero-order valence-corrected chi connectivity index (χ0v) is 22.4. The van der Waals surface area contributed by atoms with Crippen LogP contribution >= 0.6 is 23.2 Å². The molecule has 3 heterocycles. The number of carbonyl (C=O) groups excluding carboxylic acids is 1. The number of nitrogens with zero attached hydrogens (tertiary/aromatic N) is 6. The standard InChI is InChI=1S/C26H31Cl2N7O2/c1-2-37-26(36)19-6-10-33(11-7-19)18-22-15-24(35-25(32-22)20(16-29)17-30-35)31-21-4-3-5-23(14-21)34(12-8-27)13-9-28/h3-5,14-15,17,19,31H,2,6-13,18H2,1H3. The summed E-state index contributed by atoms with van der Waals surface area (Å²) in [4.78, 5) is 21.3. The summed E-state index contributed by atoms with van der Waals surface area (Å²) in [6, 6.07) is 12.2. The maximum Gasteiger partial charge on any atom is 0.309 e. The lowest BCUT2D eigenvalue weighted by Gasteiger charge is -2.30. The molecule has 37 heavy (non-hydrogen) atoms. The molecule has 3 aromatic rings. The molecule has 4 rings (SSSR count). The number of likely N-dealkylation sites (tertiary alicyclic amines) is 1. The first-order valence-electron chi connectivity index (χ1n) is 12.5. The average Bonchev–Trinajstić information content (AvgIpc) is 3.33. The van der Waals surface area contributed by atoms with E-state index in [4.69, 9.17) is 32.9 Å². The van der Waals surface area contributed by atoms with E-state index < -0.39 is 0 Å². The highest BCUT2D eigenvalue weighted by atomic mass is 35.5. The van der Waals surface area contributed by atoms with Gasteiger partial charge in [0.15, 0.2) is 5.65 Å². The van der Waals surface area contributed by atoms with Crippen LogP contribution in [0.4, 0.5) is 17.2 Å². The minimum atomic E-state index is -0.107. The third kappa shape index (κ3) is 6.63. The summed E-state index contributed by atoms with van der Waals surface area (Å²) in [6.07, 6.45) is 3.05. The van der Waals surface area contributed by atoms with Crippen molar-refractivity contribution in [2.75, 3.05) is 54.8 Å². The highest BCUT2D eigenvalue weighted by Crippen LogP contribution is 2.26. The minimum absolute atomic E-state index is 0.0478. The number of hydrogen-bond donors (Lipinski definition) is 1. The Labute approximate surface area is 226 Å². The van der Waals surface area contributed by atoms with E-state index in [9.17, 15) is 10.1 Å². The van der Waals surface area contributed by atoms with Gasteiger partial charge in [-0.1, -0.05) is 6.07 Å². The molecule has 2 aromatic heterocycles. The summed E-state index contributed by atoms with van der Waals surface area (Å²) in [5.41, 5.74) is 3.62. The van der Waals surface area contributed by atoms with Gasteiger partial charge in [-0.05, 0) is 51.1 Å². The molecule has 1 aromatic carbocycles. The summed E-state index contributed by atoms with van der Waals surface area (Å²) in [5, 5.41) is 17.4. The molecule has 0 aliphatic carbocycles. The Balaban J connectivity index is 1.56. The van der Waals surface area contributed by atoms with Gasteiger partial charge in [0.2, 0.25) is 0 Å². The second-order valence-corrected chi connectivity index (χ2v) is 9.64. The molecule has 1 aliphatic rings. The Hall–Kier alpha value is -3.06. The summed E-state index contributed by atoms with van der Waals surface area (Å²) in [5.74, 6) is 1.56. The molecule has 0 radical (unpaired) electrons. The van der Waals surface area contributed by atoms with Crippen molar-refractivity contribution < 1.29 is 9.53 Å². The van der Waals surface area contributed by atoms with E-state index >= 15 is 0 Å². The highest BCUT2D eigenvalue weighted by molar-refractivity contribution is 6.18. The van der Waals surface area contributed by atoms with Crippen LogP contribution in [-0.4, -0.2) is 70.0 Å². The number of benzene rings is 1. The first kappa shape index (κ1) is 27.0. The smallest absolute Gasteiger partial charge is 0.309 e. The normalized spacial score (nSPS) is 14.4. The summed E-state index contributed by atoms with van der Waals surface area (Å²) >= 11 is 12.0. The quantitative estimate of drug-likeness (QED) is 0.280. The lowest BCUT2D eigenvalue weighted by atomic mass is 9.97. The minimum Gasteiger partial charge on any atom is -0.466 e. The van der Waals surface area contributed by atoms with Gasteiger partial charge < -0.3 is 15.0 Å². The summed E-state index contributed by atoms with van der Waals surface area (Å²) < 4.78 is 6.84. The molecular weight excluding hydrogens is 513 g/mol. The molecule has 0 saturated carbocycles. The lowest BCUT2D eigenvalue weighted by Crippen LogP contribution is -2.36. The number of rotatable bonds is 11. The molecule has 0 unspecified atom stereocenters. The number of aromatic nitrogens is 3. The highest BCUT2D eigenvalue weighted by Gasteiger charge is 2.26. The zero-order chi connectivity index (χ0) is 26.2. The van der Waals surface area contributed by atoms with Crippen LogP contribution in [0.3, 0.4) is 0 Å². The Morgan fingerprint density at radius 1 is 1.24 bits per heavy atom. The van der Waals surface area contributed by atoms with Gasteiger partial charge in [0.05, 0.1) is 24.4 Å². The topological polar surface area (TPSA) is 98.8 Å². The maximum absolute atomic E-state index is 12.1. The molecule has 0 bridgehead atoms. The predicted molar refractivity (Wildman–Crippen MR) is 146 cm³/mol. The molecule has 1 N–H and O–H groups in total. The number of halogens is 2. The molecule has 11 heteroatoms. The largest absolute Gasteiger partial charge is 0.466 e. The number of hydrogen-bond acceptors (Lipinski definition) is 8. The van der Waals surface area contributed by atoms with Gasteiger partial charge in [0.25, 0.3) is 0 Å². The third-order valence-electron chi connectivity index (χ3n) is 6.43. The molecular formula is C26H31Cl2N7O2. The molecule has 1 saturated heterocycles. The van der Waals surface area contributed by atoms with Crippen molar-refractivity contribution in [3.63, 3.8) is 0 Å². The number of piperidine rings is 1. The number of nitriles is 1. The molecule has 0 amide bonds. The predicted octanol–water partition coefficient (Wildman–Crippen LogP) is 4.40. The van der Waals surface area contributed by atoms with Crippen LogP contribution in [0.25, 0.3) is 5.65 Å². The Morgan fingerprint density at radius 2 is 2.00 bits per heavy atom. The van der Waals surface area contributed by atoms with Gasteiger partial charge in [-0.2, -0.15) is 14.9 Å². The molecule has 9 nitrogen and oxygen atoms in total. The van der Waals surface area contributed by atoms with Crippen molar-refractivity contribution in [1.29, 1.82) is 5.26 Å². The molecule has 0 spiro atoms. The van der Waals surface area contributed by atoms with Crippen LogP contribution in [0.1, 0.15) is 31.0 Å². The van der Waals surface area contributed by atoms with Crippen molar-refractivity contribution in [1.82, 2.24) is 19.5 Å². The van der Waals surface area contributed by atoms with Gasteiger partial charge in [0.1, 0.15) is 17.5 Å². The Kier molecular flexibility index (Phi) is 9.45. The van der Waals surface area contributed by atoms with E-state index in [-0.39, 0.29) is 11.9 Å². The first-order valence-corrected chi connectivity index (χ1v) is 13.5. The van der Waals surface area contributed by atoms with Crippen molar-refractivity contribution in [2.24, 2.45) is 5.92 Å². The van der Waals surface area contributed by atoms with Crippen LogP contribution in [0.2, 0.25) is 0 Å². The third-order valence-corrected chi connectivity index (χ3v) is 6.77. The Morgan fingerprint density at radius 3 is 2.68 bits per heavy atom. The van der Waals surface area contributed by atoms with Gasteiger partial charge in [-0.15, -0.1) is 23.2 Å². The molecule has 0 atom stereocenters. The summed E-state index contributed by atoms with van der Waals surface area (Å²) in [7, 11) is 0. The number of carbonyl (C=O) groups is 1. The van der Waals surface area contributed by atoms with Crippen molar-refractivity contribution >= 4 is 52.0 Å². The average molecular weight is 544 g/mol. The molecule has 196 valence electrons. The van der Waals surface area contributed by atoms with Gasteiger partial charge in [-0.25, -0.2) is 4.98 Å². The number of ether oxygens (including phenoxy) is 1. The van der Waals surface area contributed by atoms with Crippen LogP contribution in [0.15, 0.2) is 36.5 Å². The fraction of sp³-hybridized carbons (Fsp3) is 0.462. The van der Waals surface area contributed by atoms with Gasteiger partial charge in [0, 0.05) is 48.8 Å². The Bertz CT molecular complexity index is 1250. The fourth-order valence-electron chi connectivity index (χ4n) is 4.58. The number of nitrogens with one attached hydrogen (secondary N) is 1. The maximum atomic E-state index is 12.1. The van der Waals surface area contributed by atoms with E-state index in [1.807, 2.05) is 37.3 Å². The van der Waals surface area contributed by atoms with Crippen LogP contribution < -0.4 is 10.2 Å². The van der Waals surface area contributed by atoms with E-state index in [2.05, 4.69) is 26.3 Å². The number of esters is 1. The van der Waals surface area contributed by atoms with E-state index in [0.29, 0.717) is 55.0 Å². The second-order valence-electron chi connectivity index (χ2n) is 8.88. The van der Waals surface area contributed by atoms with Crippen LogP contribution in [0, 0.1) is 17.2 Å². The molecule has 1 aliphatic heterocycles. The van der Waals surface area contributed by atoms with E-state index in [0.717, 1.165) is 43.0 Å². The number of fused-ring (bicyclic) bond motifs is 1.